The largest absolute Gasteiger partial charge is 0.462 e. The second kappa shape index (κ2) is 36.3. The van der Waals surface area contributed by atoms with Gasteiger partial charge in [0.15, 0.2) is 12.4 Å². The summed E-state index contributed by atoms with van der Waals surface area (Å²) in [4.78, 5) is 25.3. The van der Waals surface area contributed by atoms with Gasteiger partial charge >= 0.3 is 11.9 Å². The Balaban J connectivity index is 2.35. The molecule has 1 saturated heterocycles. The molecule has 1 heterocycles. The van der Waals surface area contributed by atoms with E-state index in [0.717, 1.165) is 57.8 Å². The molecule has 0 radical (unpaired) electrons. The second-order valence-corrected chi connectivity index (χ2v) is 15.2. The molecule has 1 rings (SSSR count). The maximum absolute atomic E-state index is 12.8. The molecule has 0 aromatic carbocycles. The predicted molar refractivity (Wildman–Crippen MR) is 218 cm³/mol. The number of unbranched alkanes of at least 4 members (excludes halogenated alkanes) is 21. The van der Waals surface area contributed by atoms with Gasteiger partial charge in [-0.3, -0.25) is 9.59 Å². The van der Waals surface area contributed by atoms with E-state index in [0.29, 0.717) is 12.8 Å². The van der Waals surface area contributed by atoms with E-state index in [1.165, 1.54) is 89.9 Å². The summed E-state index contributed by atoms with van der Waals surface area (Å²) in [6.07, 6.45) is 29.6. The number of aliphatic hydroxyl groups excluding tert-OH is 4. The van der Waals surface area contributed by atoms with Gasteiger partial charge < -0.3 is 39.4 Å². The summed E-state index contributed by atoms with van der Waals surface area (Å²) in [6.45, 7) is 3.35. The summed E-state index contributed by atoms with van der Waals surface area (Å²) < 4.78 is 22.1. The van der Waals surface area contributed by atoms with Crippen molar-refractivity contribution < 1.29 is 49.0 Å². The minimum Gasteiger partial charge on any atom is -0.462 e. The van der Waals surface area contributed by atoms with E-state index < -0.39 is 55.4 Å². The minimum atomic E-state index is -1.60. The summed E-state index contributed by atoms with van der Waals surface area (Å²) in [5, 5.41) is 40.0. The quantitative estimate of drug-likeness (QED) is 0.0210. The van der Waals surface area contributed by atoms with Gasteiger partial charge in [-0.15, -0.1) is 5.73 Å². The Labute approximate surface area is 334 Å². The average molecular weight is 781 g/mol. The van der Waals surface area contributed by atoms with Crippen LogP contribution in [0.2, 0.25) is 0 Å². The number of carbonyl (C=O) groups is 2. The fourth-order valence-corrected chi connectivity index (χ4v) is 6.50. The Morgan fingerprint density at radius 2 is 1.09 bits per heavy atom. The molecule has 1 aliphatic rings. The molecule has 6 atom stereocenters. The lowest BCUT2D eigenvalue weighted by molar-refractivity contribution is -0.305. The summed E-state index contributed by atoms with van der Waals surface area (Å²) in [5.74, 6) is -0.828. The summed E-state index contributed by atoms with van der Waals surface area (Å²) in [7, 11) is 0. The number of allylic oxidation sites excluding steroid dienone is 3. The van der Waals surface area contributed by atoms with Crippen molar-refractivity contribution >= 4 is 11.9 Å². The zero-order valence-corrected chi connectivity index (χ0v) is 34.7. The Hall–Kier alpha value is -2.04. The average Bonchev–Trinajstić information content (AvgIpc) is 3.18. The lowest BCUT2D eigenvalue weighted by Gasteiger charge is -2.39. The van der Waals surface area contributed by atoms with Gasteiger partial charge in [0.2, 0.25) is 0 Å². The third-order valence-electron chi connectivity index (χ3n) is 10.1. The molecular weight excluding hydrogens is 700 g/mol. The number of rotatable bonds is 36. The molecule has 0 bridgehead atoms. The Bertz CT molecular complexity index is 1010. The Morgan fingerprint density at radius 3 is 1.65 bits per heavy atom. The van der Waals surface area contributed by atoms with E-state index >= 15 is 0 Å². The molecule has 10 heteroatoms. The number of aliphatic hydroxyl groups is 4. The molecule has 0 aromatic rings. The van der Waals surface area contributed by atoms with E-state index in [2.05, 4.69) is 43.9 Å². The van der Waals surface area contributed by atoms with Gasteiger partial charge in [-0.2, -0.15) is 0 Å². The third-order valence-corrected chi connectivity index (χ3v) is 10.1. The Kier molecular flexibility index (Phi) is 33.7. The predicted octanol–water partition coefficient (Wildman–Crippen LogP) is 9.10. The van der Waals surface area contributed by atoms with Crippen LogP contribution >= 0.6 is 0 Å². The van der Waals surface area contributed by atoms with Gasteiger partial charge in [0.25, 0.3) is 0 Å². The SMILES string of the molecule is CCCC/C=C/CCCCCCCCCCCC(=O)O[C@@H](COC(=O)CCCCCCCC=C=CCCCCCCC)CO[C@H]1O[C@@H](CO)[C@@H](O)C(O)C1O. The first-order valence-corrected chi connectivity index (χ1v) is 22.2. The standard InChI is InChI=1S/C45H80O10/c1-3-5-7-9-11-13-15-17-19-21-23-25-27-29-31-33-40(47)52-36-38(37-53-45-44(51)43(50)42(49)39(35-46)55-45)54-41(48)34-32-30-28-26-24-22-20-18-16-14-12-10-8-6-4-2/h10,12,15,19,38-39,42-46,49-51H,3-9,11,13-14,16,18,20-37H2,1-2H3/b12-10+/t17?,38-,39-,42+,43?,44?,45-/m0/s1. The molecule has 1 aliphatic heterocycles. The monoisotopic (exact) mass is 781 g/mol. The van der Waals surface area contributed by atoms with Gasteiger partial charge in [0, 0.05) is 12.8 Å². The molecular formula is C45H80O10. The fourth-order valence-electron chi connectivity index (χ4n) is 6.50. The molecule has 55 heavy (non-hydrogen) atoms. The topological polar surface area (TPSA) is 152 Å². The highest BCUT2D eigenvalue weighted by molar-refractivity contribution is 5.70. The van der Waals surface area contributed by atoms with Crippen LogP contribution in [-0.4, -0.2) is 89.0 Å². The number of hydrogen-bond acceptors (Lipinski definition) is 10. The van der Waals surface area contributed by atoms with Crippen molar-refractivity contribution in [3.05, 3.63) is 30.0 Å². The van der Waals surface area contributed by atoms with Crippen LogP contribution in [0, 0.1) is 0 Å². The zero-order valence-electron chi connectivity index (χ0n) is 34.7. The molecule has 0 aromatic heterocycles. The zero-order chi connectivity index (χ0) is 40.2. The van der Waals surface area contributed by atoms with Crippen molar-refractivity contribution in [2.24, 2.45) is 0 Å². The van der Waals surface area contributed by atoms with Crippen LogP contribution in [-0.2, 0) is 28.5 Å². The summed E-state index contributed by atoms with van der Waals surface area (Å²) in [5.41, 5.74) is 3.29. The number of hydrogen-bond donors (Lipinski definition) is 4. The molecule has 4 N–H and O–H groups in total. The molecule has 320 valence electrons. The molecule has 2 unspecified atom stereocenters. The first-order chi connectivity index (χ1) is 26.8. The highest BCUT2D eigenvalue weighted by Crippen LogP contribution is 2.22. The van der Waals surface area contributed by atoms with Crippen molar-refractivity contribution in [3.8, 4) is 0 Å². The van der Waals surface area contributed by atoms with Crippen molar-refractivity contribution in [2.45, 2.75) is 224 Å². The van der Waals surface area contributed by atoms with Crippen LogP contribution in [0.5, 0.6) is 0 Å². The summed E-state index contributed by atoms with van der Waals surface area (Å²) in [6, 6.07) is 0. The van der Waals surface area contributed by atoms with Crippen molar-refractivity contribution in [1.82, 2.24) is 0 Å². The number of ether oxygens (including phenoxy) is 4. The molecule has 0 saturated carbocycles. The van der Waals surface area contributed by atoms with Crippen molar-refractivity contribution in [2.75, 3.05) is 19.8 Å². The molecule has 0 amide bonds. The highest BCUT2D eigenvalue weighted by Gasteiger charge is 2.44. The van der Waals surface area contributed by atoms with E-state index in [4.69, 9.17) is 18.9 Å². The molecule has 1 fully saturated rings. The smallest absolute Gasteiger partial charge is 0.306 e. The first kappa shape index (κ1) is 51.0. The maximum Gasteiger partial charge on any atom is 0.306 e. The van der Waals surface area contributed by atoms with Gasteiger partial charge in [0.05, 0.1) is 13.2 Å². The fraction of sp³-hybridized carbons (Fsp3) is 0.844. The molecule has 0 aliphatic carbocycles. The lowest BCUT2D eigenvalue weighted by atomic mass is 9.99. The van der Waals surface area contributed by atoms with Gasteiger partial charge in [0.1, 0.15) is 31.0 Å². The number of esters is 2. The highest BCUT2D eigenvalue weighted by atomic mass is 16.7. The third kappa shape index (κ3) is 28.1. The minimum absolute atomic E-state index is 0.224. The van der Waals surface area contributed by atoms with Crippen molar-refractivity contribution in [1.29, 1.82) is 0 Å². The maximum atomic E-state index is 12.8. The van der Waals surface area contributed by atoms with Gasteiger partial charge in [-0.25, -0.2) is 0 Å². The van der Waals surface area contributed by atoms with Crippen LogP contribution in [0.15, 0.2) is 30.0 Å². The van der Waals surface area contributed by atoms with Crippen LogP contribution in [0.3, 0.4) is 0 Å². The lowest BCUT2D eigenvalue weighted by Crippen LogP contribution is -2.59. The van der Waals surface area contributed by atoms with Crippen LogP contribution in [0.25, 0.3) is 0 Å². The Morgan fingerprint density at radius 1 is 0.600 bits per heavy atom. The molecule has 0 spiro atoms. The van der Waals surface area contributed by atoms with Crippen molar-refractivity contribution in [3.63, 3.8) is 0 Å². The first-order valence-electron chi connectivity index (χ1n) is 22.2. The van der Waals surface area contributed by atoms with Crippen LogP contribution in [0.1, 0.15) is 187 Å². The second-order valence-electron chi connectivity index (χ2n) is 15.2. The van der Waals surface area contributed by atoms with Gasteiger partial charge in [-0.1, -0.05) is 129 Å². The number of carbonyl (C=O) groups excluding carboxylic acids is 2. The van der Waals surface area contributed by atoms with Crippen LogP contribution in [0.4, 0.5) is 0 Å². The van der Waals surface area contributed by atoms with Gasteiger partial charge in [-0.05, 0) is 69.9 Å². The van der Waals surface area contributed by atoms with E-state index in [9.17, 15) is 30.0 Å². The summed E-state index contributed by atoms with van der Waals surface area (Å²) >= 11 is 0. The normalized spacial score (nSPS) is 20.3. The van der Waals surface area contributed by atoms with Crippen LogP contribution < -0.4 is 0 Å². The van der Waals surface area contributed by atoms with E-state index in [1.54, 1.807) is 0 Å². The molecule has 10 nitrogen and oxygen atoms in total. The van der Waals surface area contributed by atoms with E-state index in [-0.39, 0.29) is 26.1 Å². The van der Waals surface area contributed by atoms with E-state index in [1.807, 2.05) is 0 Å².